The molecule has 0 N–H and O–H groups in total. The Kier molecular flexibility index (Phi) is 12.7. The molecule has 2 heterocycles. The Morgan fingerprint density at radius 3 is 1.18 bits per heavy atom. The summed E-state index contributed by atoms with van der Waals surface area (Å²) < 4.78 is 13.2. The van der Waals surface area contributed by atoms with Gasteiger partial charge in [-0.25, -0.2) is 9.80 Å². The molecule has 78 heavy (non-hydrogen) atoms. The number of amides is 4. The summed E-state index contributed by atoms with van der Waals surface area (Å²) in [6.07, 6.45) is 9.09. The summed E-state index contributed by atoms with van der Waals surface area (Å²) in [6, 6.07) is 57.6. The van der Waals surface area contributed by atoms with E-state index in [4.69, 9.17) is 9.47 Å². The van der Waals surface area contributed by atoms with Crippen molar-refractivity contribution in [1.82, 2.24) is 0 Å². The molecule has 0 unspecified atom stereocenters. The van der Waals surface area contributed by atoms with Crippen molar-refractivity contribution in [3.05, 3.63) is 249 Å². The van der Waals surface area contributed by atoms with Gasteiger partial charge in [-0.15, -0.1) is 0 Å². The lowest BCUT2D eigenvalue weighted by Gasteiger charge is -2.29. The van der Waals surface area contributed by atoms with Crippen LogP contribution in [0.5, 0.6) is 11.5 Å². The minimum Gasteiger partial charge on any atom is -0.487 e. The van der Waals surface area contributed by atoms with E-state index in [1.807, 2.05) is 146 Å². The number of imide groups is 2. The topological polar surface area (TPSA) is 93.2 Å². The molecule has 0 saturated heterocycles. The highest BCUT2D eigenvalue weighted by molar-refractivity contribution is 6.37. The Balaban J connectivity index is 0.853. The molecule has 2 aliphatic heterocycles. The van der Waals surface area contributed by atoms with Crippen molar-refractivity contribution in [3.8, 4) is 35.2 Å². The Labute approximate surface area is 453 Å². The molecular formula is C70H52N2O6. The highest BCUT2D eigenvalue weighted by atomic mass is 16.5. The van der Waals surface area contributed by atoms with Gasteiger partial charge in [0.15, 0.2) is 0 Å². The Morgan fingerprint density at radius 1 is 0.385 bits per heavy atom. The first kappa shape index (κ1) is 48.2. The largest absolute Gasteiger partial charge is 0.487 e. The van der Waals surface area contributed by atoms with Crippen molar-refractivity contribution < 1.29 is 28.7 Å². The molecule has 2 fully saturated rings. The van der Waals surface area contributed by atoms with Crippen LogP contribution in [0.4, 0.5) is 11.4 Å². The summed E-state index contributed by atoms with van der Waals surface area (Å²) in [5.74, 6) is 13.6. The quantitative estimate of drug-likeness (QED) is 0.100. The number of benzene rings is 9. The van der Waals surface area contributed by atoms with Crippen LogP contribution in [-0.2, 0) is 13.2 Å². The van der Waals surface area contributed by atoms with E-state index in [1.165, 1.54) is 35.5 Å². The van der Waals surface area contributed by atoms with E-state index >= 15 is 0 Å². The molecule has 378 valence electrons. The van der Waals surface area contributed by atoms with Crippen LogP contribution in [0.25, 0.3) is 21.5 Å². The molecule has 2 aliphatic carbocycles. The van der Waals surface area contributed by atoms with Crippen LogP contribution in [0.15, 0.2) is 182 Å². The third-order valence-corrected chi connectivity index (χ3v) is 15.9. The van der Waals surface area contributed by atoms with E-state index in [9.17, 15) is 19.2 Å². The summed E-state index contributed by atoms with van der Waals surface area (Å²) >= 11 is 0. The minimum atomic E-state index is -0.405. The van der Waals surface area contributed by atoms with Gasteiger partial charge >= 0.3 is 0 Å². The number of hydrogen-bond donors (Lipinski definition) is 0. The standard InChI is InChI=1S/C70H52N2O6/c73-67-59-29-13-27-57-63(59)61(69(75)71(67)55-25-11-23-51(39-55)49-19-7-8-20-49)41-53(65(57)77-43-47-15-3-1-4-16-47)37-35-45-31-33-46(34-32-45)36-38-54-42-62-64-58(66(54)78-44-48-17-5-2-6-18-48)28-14-30-60(64)68(74)72(70(62)76)56-26-12-24-52(40-56)50-21-9-10-22-50/h1-6,11-18,23-34,39-42,49-50H,7-10,19-22,43-44H2. The third kappa shape index (κ3) is 8.95. The monoisotopic (exact) mass is 1020 g/mol. The lowest BCUT2D eigenvalue weighted by molar-refractivity contribution is 0.0877. The van der Waals surface area contributed by atoms with Gasteiger partial charge < -0.3 is 9.47 Å². The SMILES string of the molecule is O=C1c2cccc3c(OCc4ccccc4)c(C#Cc4ccc(C#Cc5cc6c7c(cccc7c5OCc5ccccc5)C(=O)N(c5cccc(C7CCCC7)c5)C6=O)cc4)cc(c23)C(=O)N1c1cccc(C2CCCC2)c1. The molecule has 8 heteroatoms. The van der Waals surface area contributed by atoms with Crippen molar-refractivity contribution in [2.24, 2.45) is 0 Å². The second kappa shape index (κ2) is 20.6. The fourth-order valence-corrected chi connectivity index (χ4v) is 12.0. The van der Waals surface area contributed by atoms with Crippen LogP contribution < -0.4 is 19.3 Å². The van der Waals surface area contributed by atoms with Crippen molar-refractivity contribution >= 4 is 56.5 Å². The summed E-state index contributed by atoms with van der Waals surface area (Å²) in [4.78, 5) is 60.9. The van der Waals surface area contributed by atoms with Gasteiger partial charge in [0.2, 0.25) is 0 Å². The molecule has 8 nitrogen and oxygen atoms in total. The van der Waals surface area contributed by atoms with E-state index < -0.39 is 11.8 Å². The lowest BCUT2D eigenvalue weighted by Crippen LogP contribution is -2.40. The zero-order valence-electron chi connectivity index (χ0n) is 42.9. The second-order valence-corrected chi connectivity index (χ2v) is 20.7. The van der Waals surface area contributed by atoms with Crippen LogP contribution >= 0.6 is 0 Å². The second-order valence-electron chi connectivity index (χ2n) is 20.7. The number of rotatable bonds is 10. The van der Waals surface area contributed by atoms with Crippen LogP contribution in [0.3, 0.4) is 0 Å². The van der Waals surface area contributed by atoms with Gasteiger partial charge in [-0.2, -0.15) is 0 Å². The Morgan fingerprint density at radius 2 is 0.769 bits per heavy atom. The fraction of sp³-hybridized carbons (Fsp3) is 0.171. The van der Waals surface area contributed by atoms with Crippen molar-refractivity contribution in [3.63, 3.8) is 0 Å². The first-order valence-corrected chi connectivity index (χ1v) is 27.0. The fourth-order valence-electron chi connectivity index (χ4n) is 12.0. The van der Waals surface area contributed by atoms with Gasteiger partial charge in [-0.05, 0) is 133 Å². The highest BCUT2D eigenvalue weighted by Gasteiger charge is 2.38. The number of hydrogen-bond acceptors (Lipinski definition) is 6. The number of ether oxygens (including phenoxy) is 2. The molecule has 2 saturated carbocycles. The Hall–Kier alpha value is -9.50. The normalized spacial score (nSPS) is 15.1. The zero-order chi connectivity index (χ0) is 52.7. The molecule has 0 atom stereocenters. The predicted octanol–water partition coefficient (Wildman–Crippen LogP) is 14.9. The molecule has 4 aliphatic rings. The average Bonchev–Trinajstić information content (AvgIpc) is 4.34. The number of anilines is 2. The maximum Gasteiger partial charge on any atom is 0.266 e. The van der Waals surface area contributed by atoms with Crippen LogP contribution in [0.2, 0.25) is 0 Å². The smallest absolute Gasteiger partial charge is 0.266 e. The summed E-state index contributed by atoms with van der Waals surface area (Å²) in [5.41, 5.74) is 9.39. The van der Waals surface area contributed by atoms with E-state index in [1.54, 1.807) is 24.3 Å². The molecule has 0 aromatic heterocycles. The van der Waals surface area contributed by atoms with Crippen LogP contribution in [0.1, 0.15) is 149 Å². The van der Waals surface area contributed by atoms with Crippen LogP contribution in [-0.4, -0.2) is 23.6 Å². The minimum absolute atomic E-state index is 0.251. The maximum atomic E-state index is 14.7. The molecular weight excluding hydrogens is 965 g/mol. The van der Waals surface area contributed by atoms with Gasteiger partial charge in [0, 0.05) is 43.8 Å². The highest BCUT2D eigenvalue weighted by Crippen LogP contribution is 2.44. The predicted molar refractivity (Wildman–Crippen MR) is 305 cm³/mol. The molecule has 9 aromatic carbocycles. The number of nitrogens with zero attached hydrogens (tertiary/aromatic N) is 2. The first-order valence-electron chi connectivity index (χ1n) is 27.0. The lowest BCUT2D eigenvalue weighted by atomic mass is 9.90. The zero-order valence-corrected chi connectivity index (χ0v) is 42.9. The summed E-state index contributed by atoms with van der Waals surface area (Å²) in [7, 11) is 0. The molecule has 9 aromatic rings. The van der Waals surface area contributed by atoms with Gasteiger partial charge in [-0.3, -0.25) is 19.2 Å². The van der Waals surface area contributed by atoms with Gasteiger partial charge in [0.05, 0.1) is 33.6 Å². The maximum absolute atomic E-state index is 14.7. The summed E-state index contributed by atoms with van der Waals surface area (Å²) in [5, 5.41) is 2.38. The van der Waals surface area contributed by atoms with Crippen molar-refractivity contribution in [2.45, 2.75) is 76.4 Å². The Bertz CT molecular complexity index is 3770. The van der Waals surface area contributed by atoms with Crippen molar-refractivity contribution in [2.75, 3.05) is 9.80 Å². The molecule has 13 rings (SSSR count). The molecule has 0 bridgehead atoms. The van der Waals surface area contributed by atoms with E-state index in [-0.39, 0.29) is 25.0 Å². The third-order valence-electron chi connectivity index (χ3n) is 15.9. The van der Waals surface area contributed by atoms with E-state index in [0.29, 0.717) is 101 Å². The van der Waals surface area contributed by atoms with Gasteiger partial charge in [-0.1, -0.05) is 159 Å². The van der Waals surface area contributed by atoms with E-state index in [2.05, 4.69) is 35.8 Å². The van der Waals surface area contributed by atoms with Crippen molar-refractivity contribution in [1.29, 1.82) is 0 Å². The first-order chi connectivity index (χ1) is 38.3. The van der Waals surface area contributed by atoms with Gasteiger partial charge in [0.1, 0.15) is 24.7 Å². The molecule has 0 spiro atoms. The molecule has 0 radical (unpaired) electrons. The molecule has 4 amide bonds. The average molecular weight is 1020 g/mol. The summed E-state index contributed by atoms with van der Waals surface area (Å²) in [6.45, 7) is 0.502. The number of carbonyl (C=O) groups excluding carboxylic acids is 4. The van der Waals surface area contributed by atoms with E-state index in [0.717, 1.165) is 47.9 Å². The van der Waals surface area contributed by atoms with Gasteiger partial charge in [0.25, 0.3) is 23.6 Å². The van der Waals surface area contributed by atoms with Crippen LogP contribution in [0, 0.1) is 23.7 Å². The number of carbonyl (C=O) groups is 4.